The van der Waals surface area contributed by atoms with Gasteiger partial charge in [0.15, 0.2) is 11.0 Å². The average Bonchev–Trinajstić information content (AvgIpc) is 3.28. The zero-order valence-corrected chi connectivity index (χ0v) is 17.5. The van der Waals surface area contributed by atoms with E-state index in [0.717, 1.165) is 11.3 Å². The molecule has 1 aromatic heterocycles. The van der Waals surface area contributed by atoms with Gasteiger partial charge in [-0.2, -0.15) is 13.9 Å². The first kappa shape index (κ1) is 23.2. The largest absolute Gasteiger partial charge is 0.329 e. The zero-order valence-electron chi connectivity index (χ0n) is 15.9. The number of amides is 1. The standard InChI is InChI=1S/C18H19ClF4N6OS/c19-12-8-26-17(31-12)27-15(30)13(11-5-6-18(22,23)7-11)9-1-3-10(4-2-9)14(28-24)29(25)16(20)21/h1-4,8,11,13,16H,5-7,24-25H2,(H,26,27,30)/b28-14-. The maximum Gasteiger partial charge on any atom is 0.329 e. The van der Waals surface area contributed by atoms with Crippen LogP contribution in [0.4, 0.5) is 22.7 Å². The van der Waals surface area contributed by atoms with Crippen molar-refractivity contribution in [3.05, 3.63) is 45.9 Å². The Morgan fingerprint density at radius 3 is 2.52 bits per heavy atom. The molecule has 7 nitrogen and oxygen atoms in total. The van der Waals surface area contributed by atoms with Crippen LogP contribution in [0.5, 0.6) is 0 Å². The maximum absolute atomic E-state index is 13.9. The van der Waals surface area contributed by atoms with Crippen molar-refractivity contribution in [2.75, 3.05) is 5.32 Å². The van der Waals surface area contributed by atoms with Gasteiger partial charge < -0.3 is 11.2 Å². The number of hydrazone groups is 1. The molecule has 0 bridgehead atoms. The molecule has 0 aliphatic heterocycles. The number of alkyl halides is 4. The van der Waals surface area contributed by atoms with Crippen LogP contribution in [0.3, 0.4) is 0 Å². The molecule has 2 aromatic rings. The van der Waals surface area contributed by atoms with Crippen molar-refractivity contribution in [2.45, 2.75) is 37.7 Å². The van der Waals surface area contributed by atoms with Gasteiger partial charge in [0.25, 0.3) is 0 Å². The van der Waals surface area contributed by atoms with Crippen molar-refractivity contribution in [3.63, 3.8) is 0 Å². The highest BCUT2D eigenvalue weighted by Gasteiger charge is 2.45. The fourth-order valence-corrected chi connectivity index (χ4v) is 4.44. The number of carbonyl (C=O) groups is 1. The number of hydrazine groups is 1. The summed E-state index contributed by atoms with van der Waals surface area (Å²) in [5.74, 6) is 5.18. The highest BCUT2D eigenvalue weighted by molar-refractivity contribution is 7.19. The lowest BCUT2D eigenvalue weighted by Crippen LogP contribution is -2.42. The Hall–Kier alpha value is -2.44. The number of thiazole rings is 1. The summed E-state index contributed by atoms with van der Waals surface area (Å²) in [6.07, 6.45) is 0.763. The molecule has 168 valence electrons. The minimum Gasteiger partial charge on any atom is -0.321 e. The molecule has 1 aliphatic carbocycles. The summed E-state index contributed by atoms with van der Waals surface area (Å²) in [6, 6.07) is 5.76. The highest BCUT2D eigenvalue weighted by atomic mass is 35.5. The van der Waals surface area contributed by atoms with Crippen LogP contribution in [-0.2, 0) is 4.79 Å². The van der Waals surface area contributed by atoms with E-state index in [-0.39, 0.29) is 34.4 Å². The summed E-state index contributed by atoms with van der Waals surface area (Å²) in [4.78, 5) is 16.9. The van der Waals surface area contributed by atoms with E-state index in [0.29, 0.717) is 9.90 Å². The number of benzene rings is 1. The molecule has 1 fully saturated rings. The van der Waals surface area contributed by atoms with Crippen molar-refractivity contribution in [1.82, 2.24) is 9.99 Å². The SMILES string of the molecule is N/N=C(/c1ccc(C(C(=O)Nc2ncc(Cl)s2)C2CCC(F)(F)C2)cc1)N(N)C(F)F. The third kappa shape index (κ3) is 5.43. The van der Waals surface area contributed by atoms with E-state index in [4.69, 9.17) is 23.3 Å². The third-order valence-electron chi connectivity index (χ3n) is 5.01. The minimum absolute atomic E-state index is 0.100. The number of amidine groups is 1. The maximum atomic E-state index is 13.9. The second kappa shape index (κ2) is 9.37. The summed E-state index contributed by atoms with van der Waals surface area (Å²) in [5.41, 5.74) is 0.611. The van der Waals surface area contributed by atoms with Gasteiger partial charge in [-0.05, 0) is 17.9 Å². The monoisotopic (exact) mass is 478 g/mol. The van der Waals surface area contributed by atoms with Crippen LogP contribution in [0.25, 0.3) is 0 Å². The van der Waals surface area contributed by atoms with Crippen molar-refractivity contribution in [2.24, 2.45) is 22.7 Å². The van der Waals surface area contributed by atoms with Gasteiger partial charge >= 0.3 is 6.55 Å². The Bertz CT molecular complexity index is 955. The fourth-order valence-electron chi connectivity index (χ4n) is 3.62. The number of halogens is 5. The van der Waals surface area contributed by atoms with Crippen molar-refractivity contribution in [3.8, 4) is 0 Å². The lowest BCUT2D eigenvalue weighted by molar-refractivity contribution is -0.118. The predicted molar refractivity (Wildman–Crippen MR) is 110 cm³/mol. The van der Waals surface area contributed by atoms with Crippen LogP contribution in [0.1, 0.15) is 36.3 Å². The summed E-state index contributed by atoms with van der Waals surface area (Å²) in [5, 5.41) is 6.24. The van der Waals surface area contributed by atoms with Crippen LogP contribution < -0.4 is 17.0 Å². The fraction of sp³-hybridized carbons (Fsp3) is 0.389. The third-order valence-corrected chi connectivity index (χ3v) is 6.04. The van der Waals surface area contributed by atoms with Crippen LogP contribution in [0.15, 0.2) is 35.6 Å². The van der Waals surface area contributed by atoms with Crippen molar-refractivity contribution >= 4 is 39.8 Å². The van der Waals surface area contributed by atoms with Crippen LogP contribution >= 0.6 is 22.9 Å². The van der Waals surface area contributed by atoms with Gasteiger partial charge in [-0.1, -0.05) is 47.2 Å². The second-order valence-electron chi connectivity index (χ2n) is 7.05. The Morgan fingerprint density at radius 1 is 1.35 bits per heavy atom. The number of hydrogen-bond donors (Lipinski definition) is 3. The van der Waals surface area contributed by atoms with E-state index in [2.05, 4.69) is 15.4 Å². The Balaban J connectivity index is 1.89. The molecule has 1 amide bonds. The topological polar surface area (TPSA) is 110 Å². The zero-order chi connectivity index (χ0) is 22.8. The van der Waals surface area contributed by atoms with E-state index in [1.54, 1.807) is 0 Å². The number of hydrogen-bond acceptors (Lipinski definition) is 6. The molecular formula is C18H19ClF4N6OS. The van der Waals surface area contributed by atoms with Crippen molar-refractivity contribution < 1.29 is 22.4 Å². The number of rotatable bonds is 6. The number of nitrogens with one attached hydrogen (secondary N) is 1. The first-order chi connectivity index (χ1) is 14.6. The Kier molecular flexibility index (Phi) is 7.02. The minimum atomic E-state index is -3.04. The van der Waals surface area contributed by atoms with Gasteiger partial charge in [-0.15, -0.1) is 0 Å². The first-order valence-electron chi connectivity index (χ1n) is 9.11. The lowest BCUT2D eigenvalue weighted by Gasteiger charge is -2.24. The van der Waals surface area contributed by atoms with Gasteiger partial charge in [0.1, 0.15) is 4.34 Å². The average molecular weight is 479 g/mol. The van der Waals surface area contributed by atoms with Gasteiger partial charge in [0.05, 0.1) is 12.1 Å². The molecule has 1 aromatic carbocycles. The molecule has 5 N–H and O–H groups in total. The summed E-state index contributed by atoms with van der Waals surface area (Å²) in [6.45, 7) is -3.04. The molecule has 1 aliphatic rings. The Morgan fingerprint density at radius 2 is 2.03 bits per heavy atom. The highest BCUT2D eigenvalue weighted by Crippen LogP contribution is 2.46. The summed E-state index contributed by atoms with van der Waals surface area (Å²) in [7, 11) is 0. The second-order valence-corrected chi connectivity index (χ2v) is 8.72. The van der Waals surface area contributed by atoms with E-state index in [1.165, 1.54) is 30.5 Å². The molecule has 1 saturated carbocycles. The van der Waals surface area contributed by atoms with E-state index >= 15 is 0 Å². The molecule has 3 rings (SSSR count). The summed E-state index contributed by atoms with van der Waals surface area (Å²) < 4.78 is 53.8. The lowest BCUT2D eigenvalue weighted by atomic mass is 9.83. The van der Waals surface area contributed by atoms with Gasteiger partial charge in [0.2, 0.25) is 11.8 Å². The van der Waals surface area contributed by atoms with E-state index in [9.17, 15) is 22.4 Å². The van der Waals surface area contributed by atoms with E-state index in [1.807, 2.05) is 0 Å². The number of carbonyl (C=O) groups excluding carboxylic acids is 1. The van der Waals surface area contributed by atoms with Gasteiger partial charge in [-0.25, -0.2) is 24.6 Å². The smallest absolute Gasteiger partial charge is 0.321 e. The van der Waals surface area contributed by atoms with Crippen LogP contribution in [-0.4, -0.2) is 34.2 Å². The molecular weight excluding hydrogens is 460 g/mol. The molecule has 0 saturated heterocycles. The molecule has 31 heavy (non-hydrogen) atoms. The quantitative estimate of drug-likeness (QED) is 0.145. The van der Waals surface area contributed by atoms with Crippen LogP contribution in [0, 0.1) is 5.92 Å². The molecule has 2 unspecified atom stereocenters. The number of nitrogens with two attached hydrogens (primary N) is 2. The predicted octanol–water partition coefficient (Wildman–Crippen LogP) is 3.97. The Labute approximate surface area is 184 Å². The van der Waals surface area contributed by atoms with Crippen LogP contribution in [0.2, 0.25) is 4.34 Å². The summed E-state index contributed by atoms with van der Waals surface area (Å²) >= 11 is 6.87. The van der Waals surface area contributed by atoms with E-state index < -0.39 is 36.6 Å². The number of aromatic nitrogens is 1. The molecule has 1 heterocycles. The molecule has 2 atom stereocenters. The van der Waals surface area contributed by atoms with Crippen molar-refractivity contribution in [1.29, 1.82) is 0 Å². The first-order valence-corrected chi connectivity index (χ1v) is 10.3. The number of anilines is 1. The number of nitrogens with zero attached hydrogens (tertiary/aromatic N) is 3. The van der Waals surface area contributed by atoms with Gasteiger partial charge in [-0.3, -0.25) is 4.79 Å². The normalized spacial score (nSPS) is 19.5. The molecule has 13 heteroatoms. The molecule has 0 spiro atoms. The van der Waals surface area contributed by atoms with Gasteiger partial charge in [0, 0.05) is 18.4 Å². The molecule has 0 radical (unpaired) electrons.